The number of nitrogens with one attached hydrogen (secondary N) is 1. The molecule has 2 aromatic heterocycles. The number of aliphatic hydroxyl groups is 1. The first kappa shape index (κ1) is 25.0. The van der Waals surface area contributed by atoms with Crippen LogP contribution < -0.4 is 5.32 Å². The zero-order chi connectivity index (χ0) is 25.3. The smallest absolute Gasteiger partial charge is 0.245 e. The molecule has 0 spiro atoms. The summed E-state index contributed by atoms with van der Waals surface area (Å²) in [5.74, 6) is -1.40. The molecule has 1 unspecified atom stereocenters. The summed E-state index contributed by atoms with van der Waals surface area (Å²) in [5.41, 5.74) is 4.51. The van der Waals surface area contributed by atoms with Gasteiger partial charge in [0.15, 0.2) is 6.30 Å². The first-order valence-corrected chi connectivity index (χ1v) is 12.4. The number of nitrogens with zero attached hydrogens (tertiary/aromatic N) is 3. The van der Waals surface area contributed by atoms with Crippen LogP contribution >= 0.6 is 11.3 Å². The number of alkyl halides is 1. The first-order valence-electron chi connectivity index (χ1n) is 11.5. The van der Waals surface area contributed by atoms with E-state index in [1.807, 2.05) is 20.8 Å². The first-order chi connectivity index (χ1) is 16.7. The topological polar surface area (TPSA) is 109 Å². The molecule has 2 amide bonds. The molecular weight excluding hydrogens is 471 g/mol. The molecule has 4 rings (SSSR count). The lowest BCUT2D eigenvalue weighted by Gasteiger charge is -2.29. The minimum Gasteiger partial charge on any atom is -0.391 e. The second kappa shape index (κ2) is 10.2. The van der Waals surface area contributed by atoms with Crippen molar-refractivity contribution in [3.05, 3.63) is 58.6 Å². The minimum absolute atomic E-state index is 0.00684. The molecule has 186 valence electrons. The van der Waals surface area contributed by atoms with Gasteiger partial charge in [-0.05, 0) is 25.3 Å². The quantitative estimate of drug-likeness (QED) is 0.477. The highest BCUT2D eigenvalue weighted by atomic mass is 32.1. The number of β-amino-alcohol motifs (C(OH)–C–C–N with tert-alkyl or cyclic N) is 1. The molecule has 0 radical (unpaired) electrons. The van der Waals surface area contributed by atoms with Gasteiger partial charge in [0.2, 0.25) is 11.8 Å². The summed E-state index contributed by atoms with van der Waals surface area (Å²) < 4.78 is 20.4. The van der Waals surface area contributed by atoms with Crippen LogP contribution in [0.2, 0.25) is 0 Å². The zero-order valence-electron chi connectivity index (χ0n) is 20.1. The zero-order valence-corrected chi connectivity index (χ0v) is 20.9. The van der Waals surface area contributed by atoms with E-state index in [9.17, 15) is 14.7 Å². The molecule has 0 saturated carbocycles. The number of carbonyl (C=O) groups excluding carboxylic acids is 2. The predicted molar refractivity (Wildman–Crippen MR) is 129 cm³/mol. The monoisotopic (exact) mass is 500 g/mol. The molecule has 3 heterocycles. The predicted octanol–water partition coefficient (Wildman–Crippen LogP) is 3.90. The van der Waals surface area contributed by atoms with Gasteiger partial charge in [-0.2, -0.15) is 0 Å². The fourth-order valence-electron chi connectivity index (χ4n) is 4.44. The molecule has 1 fully saturated rings. The van der Waals surface area contributed by atoms with Gasteiger partial charge >= 0.3 is 0 Å². The Kier molecular flexibility index (Phi) is 7.32. The van der Waals surface area contributed by atoms with E-state index in [-0.39, 0.29) is 30.4 Å². The van der Waals surface area contributed by atoms with Gasteiger partial charge in [-0.15, -0.1) is 11.3 Å². The molecule has 10 heteroatoms. The number of hydrogen-bond donors (Lipinski definition) is 2. The van der Waals surface area contributed by atoms with Crippen molar-refractivity contribution in [1.29, 1.82) is 0 Å². The highest BCUT2D eigenvalue weighted by molar-refractivity contribution is 7.13. The molecule has 2 N–H and O–H groups in total. The molecule has 4 atom stereocenters. The van der Waals surface area contributed by atoms with Crippen LogP contribution in [0.3, 0.4) is 0 Å². The van der Waals surface area contributed by atoms with E-state index in [2.05, 4.69) is 15.5 Å². The van der Waals surface area contributed by atoms with Crippen molar-refractivity contribution in [2.75, 3.05) is 6.54 Å². The number of likely N-dealkylation sites (tertiary alicyclic amines) is 1. The van der Waals surface area contributed by atoms with Crippen molar-refractivity contribution in [2.45, 2.75) is 58.5 Å². The molecule has 35 heavy (non-hydrogen) atoms. The van der Waals surface area contributed by atoms with E-state index in [0.29, 0.717) is 11.5 Å². The van der Waals surface area contributed by atoms with Crippen LogP contribution in [-0.4, -0.2) is 50.7 Å². The van der Waals surface area contributed by atoms with Crippen molar-refractivity contribution < 1.29 is 23.6 Å². The van der Waals surface area contributed by atoms with Crippen LogP contribution in [0.25, 0.3) is 10.4 Å². The molecule has 0 aliphatic carbocycles. The summed E-state index contributed by atoms with van der Waals surface area (Å²) in [4.78, 5) is 33.0. The van der Waals surface area contributed by atoms with E-state index in [0.717, 1.165) is 16.1 Å². The summed E-state index contributed by atoms with van der Waals surface area (Å²) in [6, 6.07) is 7.52. The van der Waals surface area contributed by atoms with Gasteiger partial charge in [0, 0.05) is 24.6 Å². The highest BCUT2D eigenvalue weighted by Crippen LogP contribution is 2.32. The molecule has 0 bridgehead atoms. The molecule has 1 aliphatic heterocycles. The van der Waals surface area contributed by atoms with E-state index >= 15 is 4.39 Å². The van der Waals surface area contributed by atoms with Crippen LogP contribution in [0, 0.1) is 19.8 Å². The summed E-state index contributed by atoms with van der Waals surface area (Å²) in [6.07, 6.45) is -2.60. The molecule has 3 aromatic rings. The van der Waals surface area contributed by atoms with E-state index in [1.165, 1.54) is 16.2 Å². The Labute approximate surface area is 207 Å². The van der Waals surface area contributed by atoms with Crippen LogP contribution in [0.5, 0.6) is 0 Å². The standard InChI is InChI=1S/C25H29FN4O4S/c1-13(2)21(20-9-14(3)29-34-20)25(33)30-11-18(31)10-19(30)24(32)28-23(26)17-7-5-16(6-8-17)22-15(4)27-12-35-22/h5-9,12-13,18-19,21,23,31H,10-11H2,1-4H3,(H,28,32)/t18-,19?,21-,23-/m1/s1. The number of aryl methyl sites for hydroxylation is 2. The maximum atomic E-state index is 15.0. The normalized spacial score (nSPS) is 19.7. The summed E-state index contributed by atoms with van der Waals surface area (Å²) in [6.45, 7) is 7.41. The van der Waals surface area contributed by atoms with Gasteiger partial charge in [0.05, 0.1) is 27.9 Å². The number of aromatic nitrogens is 2. The fourth-order valence-corrected chi connectivity index (χ4v) is 5.25. The number of carbonyl (C=O) groups is 2. The van der Waals surface area contributed by atoms with Gasteiger partial charge < -0.3 is 19.8 Å². The Morgan fingerprint density at radius 2 is 1.97 bits per heavy atom. The third-order valence-electron chi connectivity index (χ3n) is 6.23. The van der Waals surface area contributed by atoms with Crippen LogP contribution in [0.4, 0.5) is 4.39 Å². The Hall–Kier alpha value is -3.11. The van der Waals surface area contributed by atoms with Crippen molar-refractivity contribution in [3.63, 3.8) is 0 Å². The van der Waals surface area contributed by atoms with E-state index in [4.69, 9.17) is 4.52 Å². The lowest BCUT2D eigenvalue weighted by Crippen LogP contribution is -2.48. The van der Waals surface area contributed by atoms with Crippen LogP contribution in [0.15, 0.2) is 40.4 Å². The maximum Gasteiger partial charge on any atom is 0.245 e. The highest BCUT2D eigenvalue weighted by Gasteiger charge is 2.43. The van der Waals surface area contributed by atoms with Crippen molar-refractivity contribution >= 4 is 23.2 Å². The lowest BCUT2D eigenvalue weighted by atomic mass is 9.91. The largest absolute Gasteiger partial charge is 0.391 e. The van der Waals surface area contributed by atoms with E-state index < -0.39 is 30.3 Å². The third-order valence-corrected chi connectivity index (χ3v) is 7.21. The Morgan fingerprint density at radius 3 is 2.54 bits per heavy atom. The number of thiazole rings is 1. The van der Waals surface area contributed by atoms with Gasteiger partial charge in [-0.1, -0.05) is 43.3 Å². The fraction of sp³-hybridized carbons (Fsp3) is 0.440. The molecular formula is C25H29FN4O4S. The minimum atomic E-state index is -1.76. The SMILES string of the molecule is Cc1cc([C@H](C(=O)N2C[C@H](O)CC2C(=O)N[C@@H](F)c2ccc(-c3scnc3C)cc2)C(C)C)on1. The number of amides is 2. The van der Waals surface area contributed by atoms with Gasteiger partial charge in [-0.3, -0.25) is 9.59 Å². The lowest BCUT2D eigenvalue weighted by molar-refractivity contribution is -0.141. The van der Waals surface area contributed by atoms with Gasteiger partial charge in [0.1, 0.15) is 17.7 Å². The summed E-state index contributed by atoms with van der Waals surface area (Å²) >= 11 is 1.50. The number of halogens is 1. The van der Waals surface area contributed by atoms with Crippen LogP contribution in [0.1, 0.15) is 55.2 Å². The Bertz CT molecular complexity index is 1190. The van der Waals surface area contributed by atoms with Crippen molar-refractivity contribution in [2.24, 2.45) is 5.92 Å². The summed E-state index contributed by atoms with van der Waals surface area (Å²) in [5, 5.41) is 16.5. The maximum absolute atomic E-state index is 15.0. The van der Waals surface area contributed by atoms with Crippen molar-refractivity contribution in [3.8, 4) is 10.4 Å². The number of benzene rings is 1. The van der Waals surface area contributed by atoms with Crippen LogP contribution in [-0.2, 0) is 9.59 Å². The number of aliphatic hydroxyl groups excluding tert-OH is 1. The molecule has 1 aliphatic rings. The average molecular weight is 501 g/mol. The number of rotatable bonds is 7. The molecule has 1 aromatic carbocycles. The van der Waals surface area contributed by atoms with E-state index in [1.54, 1.807) is 42.8 Å². The average Bonchev–Trinajstić information content (AvgIpc) is 3.53. The second-order valence-corrected chi connectivity index (χ2v) is 10.1. The molecule has 1 saturated heterocycles. The molecule has 8 nitrogen and oxygen atoms in total. The summed E-state index contributed by atoms with van der Waals surface area (Å²) in [7, 11) is 0. The Balaban J connectivity index is 1.47. The third kappa shape index (κ3) is 5.28. The second-order valence-electron chi connectivity index (χ2n) is 9.25. The van der Waals surface area contributed by atoms with Crippen molar-refractivity contribution in [1.82, 2.24) is 20.4 Å². The van der Waals surface area contributed by atoms with Gasteiger partial charge in [-0.25, -0.2) is 9.37 Å². The number of hydrogen-bond acceptors (Lipinski definition) is 7. The van der Waals surface area contributed by atoms with Gasteiger partial charge in [0.25, 0.3) is 0 Å². The Morgan fingerprint density at radius 1 is 1.26 bits per heavy atom.